The number of rotatable bonds is 3. The average Bonchev–Trinajstić information content (AvgIpc) is 2.31. The number of nitrogens with zero attached hydrogens (tertiary/aromatic N) is 1. The van der Waals surface area contributed by atoms with Gasteiger partial charge in [-0.05, 0) is 31.6 Å². The fourth-order valence-corrected chi connectivity index (χ4v) is 2.96. The molecule has 1 aliphatic carbocycles. The molecule has 0 radical (unpaired) electrons. The van der Waals surface area contributed by atoms with Gasteiger partial charge in [-0.2, -0.15) is 0 Å². The molecule has 1 N–H and O–H groups in total. The van der Waals surface area contributed by atoms with Crippen LogP contribution in [0.2, 0.25) is 0 Å². The van der Waals surface area contributed by atoms with E-state index in [9.17, 15) is 5.11 Å². The van der Waals surface area contributed by atoms with Gasteiger partial charge in [0, 0.05) is 19.6 Å². The third-order valence-corrected chi connectivity index (χ3v) is 4.23. The lowest BCUT2D eigenvalue weighted by Gasteiger charge is -2.40. The second-order valence-corrected chi connectivity index (χ2v) is 5.46. The molecule has 0 aromatic rings. The van der Waals surface area contributed by atoms with Crippen molar-refractivity contribution in [2.45, 2.75) is 44.6 Å². The lowest BCUT2D eigenvalue weighted by atomic mass is 9.77. The molecule has 0 unspecified atom stereocenters. The van der Waals surface area contributed by atoms with Crippen LogP contribution in [0.1, 0.15) is 39.0 Å². The van der Waals surface area contributed by atoms with Gasteiger partial charge in [0.1, 0.15) is 0 Å². The summed E-state index contributed by atoms with van der Waals surface area (Å²) in [6.45, 7) is 6.74. The Hall–Kier alpha value is -0.120. The highest BCUT2D eigenvalue weighted by molar-refractivity contribution is 4.88. The van der Waals surface area contributed by atoms with E-state index in [2.05, 4.69) is 11.8 Å². The third-order valence-electron chi connectivity index (χ3n) is 4.23. The van der Waals surface area contributed by atoms with Crippen LogP contribution in [0.5, 0.6) is 0 Å². The summed E-state index contributed by atoms with van der Waals surface area (Å²) >= 11 is 0. The van der Waals surface area contributed by atoms with Crippen LogP contribution in [0, 0.1) is 5.92 Å². The van der Waals surface area contributed by atoms with Gasteiger partial charge in [0.25, 0.3) is 0 Å². The molecule has 3 heteroatoms. The predicted octanol–water partition coefficient (Wildman–Crippen LogP) is 1.65. The zero-order chi connectivity index (χ0) is 11.4. The molecule has 2 aliphatic rings. The zero-order valence-electron chi connectivity index (χ0n) is 10.5. The summed E-state index contributed by atoms with van der Waals surface area (Å²) in [4.78, 5) is 2.36. The Morgan fingerprint density at radius 2 is 1.88 bits per heavy atom. The van der Waals surface area contributed by atoms with Crippen molar-refractivity contribution in [1.29, 1.82) is 0 Å². The quantitative estimate of drug-likeness (QED) is 0.796. The fraction of sp³-hybridized carbons (Fsp3) is 1.00. The van der Waals surface area contributed by atoms with E-state index in [-0.39, 0.29) is 0 Å². The summed E-state index contributed by atoms with van der Waals surface area (Å²) in [5.74, 6) is 0.852. The van der Waals surface area contributed by atoms with E-state index in [1.54, 1.807) is 0 Å². The molecule has 16 heavy (non-hydrogen) atoms. The van der Waals surface area contributed by atoms with Crippen LogP contribution in [0.4, 0.5) is 0 Å². The first-order valence-corrected chi connectivity index (χ1v) is 6.74. The molecule has 1 heterocycles. The molecule has 0 atom stereocenters. The Labute approximate surface area is 98.8 Å². The molecule has 0 aromatic carbocycles. The SMILES string of the molecule is CCC1CCC(O)(CN2CCOCC2)CC1. The molecular weight excluding hydrogens is 202 g/mol. The molecule has 2 rings (SSSR count). The number of ether oxygens (including phenoxy) is 1. The maximum absolute atomic E-state index is 10.6. The highest BCUT2D eigenvalue weighted by Crippen LogP contribution is 2.34. The van der Waals surface area contributed by atoms with Gasteiger partial charge in [0.2, 0.25) is 0 Å². The summed E-state index contributed by atoms with van der Waals surface area (Å²) in [6, 6.07) is 0. The summed E-state index contributed by atoms with van der Waals surface area (Å²) in [7, 11) is 0. The molecule has 0 aromatic heterocycles. The van der Waals surface area contributed by atoms with Gasteiger partial charge in [0.05, 0.1) is 18.8 Å². The van der Waals surface area contributed by atoms with E-state index in [0.717, 1.165) is 51.6 Å². The summed E-state index contributed by atoms with van der Waals surface area (Å²) in [6.07, 6.45) is 5.66. The van der Waals surface area contributed by atoms with E-state index >= 15 is 0 Å². The maximum atomic E-state index is 10.6. The van der Waals surface area contributed by atoms with Crippen molar-refractivity contribution in [1.82, 2.24) is 4.90 Å². The van der Waals surface area contributed by atoms with Gasteiger partial charge in [-0.3, -0.25) is 4.90 Å². The lowest BCUT2D eigenvalue weighted by molar-refractivity contribution is -0.0581. The van der Waals surface area contributed by atoms with Gasteiger partial charge >= 0.3 is 0 Å². The van der Waals surface area contributed by atoms with Crippen molar-refractivity contribution in [3.63, 3.8) is 0 Å². The standard InChI is InChI=1S/C13H25NO2/c1-2-12-3-5-13(15,6-4-12)11-14-7-9-16-10-8-14/h12,15H,2-11H2,1H3. The first-order chi connectivity index (χ1) is 7.72. The van der Waals surface area contributed by atoms with Crippen LogP contribution in [0.15, 0.2) is 0 Å². The molecule has 94 valence electrons. The Morgan fingerprint density at radius 1 is 1.25 bits per heavy atom. The van der Waals surface area contributed by atoms with Crippen molar-refractivity contribution < 1.29 is 9.84 Å². The Balaban J connectivity index is 1.79. The van der Waals surface area contributed by atoms with Gasteiger partial charge < -0.3 is 9.84 Å². The van der Waals surface area contributed by atoms with Crippen molar-refractivity contribution >= 4 is 0 Å². The second-order valence-electron chi connectivity index (χ2n) is 5.46. The number of aliphatic hydroxyl groups is 1. The molecule has 1 aliphatic heterocycles. The lowest BCUT2D eigenvalue weighted by Crippen LogP contribution is -2.49. The van der Waals surface area contributed by atoms with Crippen molar-refractivity contribution in [2.75, 3.05) is 32.8 Å². The van der Waals surface area contributed by atoms with Gasteiger partial charge in [-0.1, -0.05) is 13.3 Å². The molecule has 1 saturated carbocycles. The Bertz CT molecular complexity index is 206. The average molecular weight is 227 g/mol. The molecule has 0 bridgehead atoms. The minimum atomic E-state index is -0.414. The first kappa shape index (κ1) is 12.3. The molecule has 0 amide bonds. The predicted molar refractivity (Wildman–Crippen MR) is 64.5 cm³/mol. The van der Waals surface area contributed by atoms with E-state index < -0.39 is 5.60 Å². The normalized spacial score (nSPS) is 37.5. The summed E-state index contributed by atoms with van der Waals surface area (Å²) in [5, 5.41) is 10.6. The van der Waals surface area contributed by atoms with Crippen LogP contribution in [0.25, 0.3) is 0 Å². The van der Waals surface area contributed by atoms with Gasteiger partial charge in [-0.15, -0.1) is 0 Å². The molecule has 2 fully saturated rings. The number of morpholine rings is 1. The number of hydrogen-bond donors (Lipinski definition) is 1. The van der Waals surface area contributed by atoms with Crippen LogP contribution >= 0.6 is 0 Å². The highest BCUT2D eigenvalue weighted by atomic mass is 16.5. The van der Waals surface area contributed by atoms with E-state index in [1.807, 2.05) is 0 Å². The second kappa shape index (κ2) is 5.48. The van der Waals surface area contributed by atoms with E-state index in [4.69, 9.17) is 4.74 Å². The first-order valence-electron chi connectivity index (χ1n) is 6.74. The smallest absolute Gasteiger partial charge is 0.0774 e. The van der Waals surface area contributed by atoms with Crippen molar-refractivity contribution in [2.24, 2.45) is 5.92 Å². The van der Waals surface area contributed by atoms with Crippen molar-refractivity contribution in [3.05, 3.63) is 0 Å². The zero-order valence-corrected chi connectivity index (χ0v) is 10.5. The highest BCUT2D eigenvalue weighted by Gasteiger charge is 2.34. The topological polar surface area (TPSA) is 32.7 Å². The summed E-state index contributed by atoms with van der Waals surface area (Å²) in [5.41, 5.74) is -0.414. The van der Waals surface area contributed by atoms with Gasteiger partial charge in [0.15, 0.2) is 0 Å². The Kier molecular flexibility index (Phi) is 4.22. The van der Waals surface area contributed by atoms with E-state index in [1.165, 1.54) is 19.3 Å². The minimum Gasteiger partial charge on any atom is -0.389 e. The number of β-amino-alcohol motifs (C(OH)–C–C–N with tert-alkyl or cyclic N) is 1. The molecule has 3 nitrogen and oxygen atoms in total. The minimum absolute atomic E-state index is 0.414. The molecule has 0 spiro atoms. The largest absolute Gasteiger partial charge is 0.389 e. The van der Waals surface area contributed by atoms with Crippen molar-refractivity contribution in [3.8, 4) is 0 Å². The molecule has 1 saturated heterocycles. The van der Waals surface area contributed by atoms with Crippen LogP contribution in [0.3, 0.4) is 0 Å². The maximum Gasteiger partial charge on any atom is 0.0774 e. The van der Waals surface area contributed by atoms with Crippen LogP contribution < -0.4 is 0 Å². The van der Waals surface area contributed by atoms with Gasteiger partial charge in [-0.25, -0.2) is 0 Å². The third kappa shape index (κ3) is 3.19. The summed E-state index contributed by atoms with van der Waals surface area (Å²) < 4.78 is 5.33. The monoisotopic (exact) mass is 227 g/mol. The van der Waals surface area contributed by atoms with Crippen LogP contribution in [-0.4, -0.2) is 48.5 Å². The molecular formula is C13H25NO2. The fourth-order valence-electron chi connectivity index (χ4n) is 2.96. The van der Waals surface area contributed by atoms with E-state index in [0.29, 0.717) is 0 Å². The number of hydrogen-bond acceptors (Lipinski definition) is 3. The Morgan fingerprint density at radius 3 is 2.44 bits per heavy atom. The van der Waals surface area contributed by atoms with Crippen LogP contribution in [-0.2, 0) is 4.74 Å².